The lowest BCUT2D eigenvalue weighted by Gasteiger charge is -2.19. The maximum Gasteiger partial charge on any atom is 0.435 e. The summed E-state index contributed by atoms with van der Waals surface area (Å²) in [5, 5.41) is 3.44. The zero-order valence-corrected chi connectivity index (χ0v) is 11.7. The van der Waals surface area contributed by atoms with Crippen LogP contribution in [0, 0.1) is 5.92 Å². The molecule has 1 aliphatic carbocycles. The number of halogens is 3. The van der Waals surface area contributed by atoms with Crippen LogP contribution in [0.2, 0.25) is 0 Å². The van der Waals surface area contributed by atoms with Gasteiger partial charge >= 0.3 is 12.1 Å². The lowest BCUT2D eigenvalue weighted by atomic mass is 9.86. The standard InChI is InChI=1S/C13H15F3N2O3/c1-3-21-9(19)6-18-10-8(5-4-7(2)11(10)20)12(17-18)13(14,15)16/h7H,3-6H2,1-2H3. The van der Waals surface area contributed by atoms with Crippen molar-refractivity contribution in [3.63, 3.8) is 0 Å². The predicted molar refractivity (Wildman–Crippen MR) is 65.7 cm³/mol. The first-order valence-electron chi connectivity index (χ1n) is 6.62. The highest BCUT2D eigenvalue weighted by Gasteiger charge is 2.42. The minimum absolute atomic E-state index is 0.110. The lowest BCUT2D eigenvalue weighted by Crippen LogP contribution is -2.25. The minimum atomic E-state index is -4.65. The highest BCUT2D eigenvalue weighted by molar-refractivity contribution is 5.99. The zero-order valence-electron chi connectivity index (χ0n) is 11.7. The molecule has 1 unspecified atom stereocenters. The van der Waals surface area contributed by atoms with Crippen molar-refractivity contribution in [2.75, 3.05) is 6.61 Å². The third-order valence-corrected chi connectivity index (χ3v) is 3.41. The number of carbonyl (C=O) groups excluding carboxylic acids is 2. The number of Topliss-reactive ketones (excluding diaryl/α,β-unsaturated/α-hetero) is 1. The van der Waals surface area contributed by atoms with Crippen LogP contribution in [0.15, 0.2) is 0 Å². The van der Waals surface area contributed by atoms with E-state index in [0.29, 0.717) is 6.42 Å². The molecular weight excluding hydrogens is 289 g/mol. The van der Waals surface area contributed by atoms with Crippen molar-refractivity contribution in [2.24, 2.45) is 5.92 Å². The fourth-order valence-corrected chi connectivity index (χ4v) is 2.41. The van der Waals surface area contributed by atoms with Crippen LogP contribution in [0.3, 0.4) is 0 Å². The number of esters is 1. The van der Waals surface area contributed by atoms with E-state index in [9.17, 15) is 22.8 Å². The van der Waals surface area contributed by atoms with Gasteiger partial charge in [-0.25, -0.2) is 4.68 Å². The fourth-order valence-electron chi connectivity index (χ4n) is 2.41. The Morgan fingerprint density at radius 2 is 2.14 bits per heavy atom. The Morgan fingerprint density at radius 1 is 1.48 bits per heavy atom. The molecule has 1 aromatic rings. The van der Waals surface area contributed by atoms with Gasteiger partial charge in [-0.1, -0.05) is 6.92 Å². The second kappa shape index (κ2) is 5.50. The lowest BCUT2D eigenvalue weighted by molar-refractivity contribution is -0.146. The van der Waals surface area contributed by atoms with E-state index < -0.39 is 30.2 Å². The maximum absolute atomic E-state index is 13.0. The van der Waals surface area contributed by atoms with Crippen LogP contribution >= 0.6 is 0 Å². The molecule has 1 heterocycles. The Labute approximate surface area is 119 Å². The first-order valence-corrected chi connectivity index (χ1v) is 6.62. The Hall–Kier alpha value is -1.86. The van der Waals surface area contributed by atoms with Gasteiger partial charge in [0, 0.05) is 11.5 Å². The van der Waals surface area contributed by atoms with Crippen LogP contribution < -0.4 is 0 Å². The van der Waals surface area contributed by atoms with Gasteiger partial charge in [0.15, 0.2) is 11.5 Å². The van der Waals surface area contributed by atoms with Crippen molar-refractivity contribution in [1.29, 1.82) is 0 Å². The number of nitrogens with zero attached hydrogens (tertiary/aromatic N) is 2. The van der Waals surface area contributed by atoms with Crippen molar-refractivity contribution in [1.82, 2.24) is 9.78 Å². The van der Waals surface area contributed by atoms with Gasteiger partial charge in [-0.15, -0.1) is 0 Å². The molecule has 8 heteroatoms. The molecule has 0 amide bonds. The molecular formula is C13H15F3N2O3. The van der Waals surface area contributed by atoms with Crippen molar-refractivity contribution in [3.8, 4) is 0 Å². The summed E-state index contributed by atoms with van der Waals surface area (Å²) >= 11 is 0. The Morgan fingerprint density at radius 3 is 2.71 bits per heavy atom. The molecule has 2 rings (SSSR count). The average molecular weight is 304 g/mol. The van der Waals surface area contributed by atoms with Gasteiger partial charge in [-0.2, -0.15) is 18.3 Å². The summed E-state index contributed by atoms with van der Waals surface area (Å²) in [6.45, 7) is 2.86. The second-order valence-electron chi connectivity index (χ2n) is 4.94. The quantitative estimate of drug-likeness (QED) is 0.803. The number of aromatic nitrogens is 2. The van der Waals surface area contributed by atoms with Gasteiger partial charge in [0.2, 0.25) is 0 Å². The summed E-state index contributed by atoms with van der Waals surface area (Å²) in [6.07, 6.45) is -4.18. The largest absolute Gasteiger partial charge is 0.465 e. The van der Waals surface area contributed by atoms with Crippen LogP contribution in [-0.2, 0) is 28.7 Å². The summed E-state index contributed by atoms with van der Waals surface area (Å²) < 4.78 is 44.5. The summed E-state index contributed by atoms with van der Waals surface area (Å²) in [4.78, 5) is 23.6. The molecule has 1 atom stereocenters. The predicted octanol–water partition coefficient (Wildman–Crippen LogP) is 2.23. The van der Waals surface area contributed by atoms with Gasteiger partial charge in [0.05, 0.1) is 6.61 Å². The third-order valence-electron chi connectivity index (χ3n) is 3.41. The molecule has 0 spiro atoms. The molecule has 1 aromatic heterocycles. The molecule has 5 nitrogen and oxygen atoms in total. The molecule has 0 bridgehead atoms. The van der Waals surface area contributed by atoms with Crippen molar-refractivity contribution >= 4 is 11.8 Å². The number of fused-ring (bicyclic) bond motifs is 1. The van der Waals surface area contributed by atoms with E-state index in [0.717, 1.165) is 4.68 Å². The van der Waals surface area contributed by atoms with Gasteiger partial charge in [0.25, 0.3) is 0 Å². The normalized spacial score (nSPS) is 18.5. The Kier molecular flexibility index (Phi) is 4.06. The van der Waals surface area contributed by atoms with E-state index in [4.69, 9.17) is 4.74 Å². The summed E-state index contributed by atoms with van der Waals surface area (Å²) in [5.41, 5.74) is -1.31. The molecule has 0 fully saturated rings. The highest BCUT2D eigenvalue weighted by atomic mass is 19.4. The number of hydrogen-bond donors (Lipinski definition) is 0. The zero-order chi connectivity index (χ0) is 15.8. The van der Waals surface area contributed by atoms with Gasteiger partial charge in [-0.3, -0.25) is 9.59 Å². The van der Waals surface area contributed by atoms with Crippen molar-refractivity contribution < 1.29 is 27.5 Å². The van der Waals surface area contributed by atoms with Gasteiger partial charge < -0.3 is 4.74 Å². The SMILES string of the molecule is CCOC(=O)Cn1nc(C(F)(F)F)c2c1C(=O)C(C)CC2. The molecule has 0 aromatic carbocycles. The maximum atomic E-state index is 13.0. The minimum Gasteiger partial charge on any atom is -0.465 e. The van der Waals surface area contributed by atoms with Crippen LogP contribution in [0.1, 0.15) is 42.0 Å². The molecule has 21 heavy (non-hydrogen) atoms. The number of ether oxygens (including phenoxy) is 1. The van der Waals surface area contributed by atoms with Crippen molar-refractivity contribution in [3.05, 3.63) is 17.0 Å². The molecule has 1 aliphatic rings. The Balaban J connectivity index is 2.48. The van der Waals surface area contributed by atoms with Crippen LogP contribution in [0.4, 0.5) is 13.2 Å². The molecule has 116 valence electrons. The number of carbonyl (C=O) groups is 2. The van der Waals surface area contributed by atoms with E-state index in [1.165, 1.54) is 0 Å². The highest BCUT2D eigenvalue weighted by Crippen LogP contribution is 2.36. The molecule has 0 saturated carbocycles. The average Bonchev–Trinajstić information content (AvgIpc) is 2.73. The molecule has 0 aliphatic heterocycles. The number of alkyl halides is 3. The van der Waals surface area contributed by atoms with E-state index in [1.807, 2.05) is 0 Å². The molecule has 0 radical (unpaired) electrons. The van der Waals surface area contributed by atoms with Gasteiger partial charge in [0.1, 0.15) is 12.2 Å². The van der Waals surface area contributed by atoms with Crippen LogP contribution in [0.5, 0.6) is 0 Å². The molecule has 0 N–H and O–H groups in total. The number of hydrogen-bond acceptors (Lipinski definition) is 4. The van der Waals surface area contributed by atoms with Crippen LogP contribution in [0.25, 0.3) is 0 Å². The number of ketones is 1. The number of rotatable bonds is 3. The van der Waals surface area contributed by atoms with E-state index in [2.05, 4.69) is 5.10 Å². The summed E-state index contributed by atoms with van der Waals surface area (Å²) in [7, 11) is 0. The van der Waals surface area contributed by atoms with Crippen LogP contribution in [-0.4, -0.2) is 28.1 Å². The fraction of sp³-hybridized carbons (Fsp3) is 0.615. The first kappa shape index (κ1) is 15.5. The first-order chi connectivity index (χ1) is 9.75. The van der Waals surface area contributed by atoms with Gasteiger partial charge in [-0.05, 0) is 19.8 Å². The molecule has 0 saturated heterocycles. The van der Waals surface area contributed by atoms with E-state index >= 15 is 0 Å². The topological polar surface area (TPSA) is 61.2 Å². The smallest absolute Gasteiger partial charge is 0.435 e. The third kappa shape index (κ3) is 2.93. The monoisotopic (exact) mass is 304 g/mol. The van der Waals surface area contributed by atoms with E-state index in [1.54, 1.807) is 13.8 Å². The van der Waals surface area contributed by atoms with E-state index in [-0.39, 0.29) is 30.2 Å². The Bertz CT molecular complexity index is 578. The summed E-state index contributed by atoms with van der Waals surface area (Å²) in [6, 6.07) is 0. The van der Waals surface area contributed by atoms with Crippen molar-refractivity contribution in [2.45, 2.75) is 39.4 Å². The summed E-state index contributed by atoms with van der Waals surface area (Å²) in [5.74, 6) is -1.51. The second-order valence-corrected chi connectivity index (χ2v) is 4.94.